The molecule has 70 valence electrons. The van der Waals surface area contributed by atoms with E-state index in [-0.39, 0.29) is 0 Å². The quantitative estimate of drug-likeness (QED) is 0.479. The summed E-state index contributed by atoms with van der Waals surface area (Å²) < 4.78 is 31.6. The molecule has 0 bridgehead atoms. The Morgan fingerprint density at radius 1 is 1.31 bits per heavy atom. The van der Waals surface area contributed by atoms with Gasteiger partial charge in [0.1, 0.15) is 0 Å². The minimum Gasteiger partial charge on any atom is -0.264 e. The smallest absolute Gasteiger partial charge is 0.264 e. The molecule has 0 aromatic carbocycles. The Labute approximate surface area is 74.2 Å². The summed E-state index contributed by atoms with van der Waals surface area (Å²) in [6.07, 6.45) is 3.13. The second-order valence-electron chi connectivity index (χ2n) is 1.75. The topological polar surface area (TPSA) is 116 Å². The zero-order valence-electron chi connectivity index (χ0n) is 6.27. The van der Waals surface area contributed by atoms with Crippen molar-refractivity contribution in [3.8, 4) is 0 Å². The molecule has 0 unspecified atom stereocenters. The first kappa shape index (κ1) is 11.4. The van der Waals surface area contributed by atoms with Gasteiger partial charge in [-0.3, -0.25) is 14.1 Å². The number of rotatable bonds is 0. The predicted molar refractivity (Wildman–Crippen MR) is 43.2 cm³/mol. The molecule has 0 saturated heterocycles. The van der Waals surface area contributed by atoms with E-state index in [0.717, 1.165) is 0 Å². The summed E-state index contributed by atoms with van der Waals surface area (Å²) in [5, 5.41) is 8.13. The van der Waals surface area contributed by atoms with Gasteiger partial charge in [-0.15, -0.1) is 0 Å². The van der Waals surface area contributed by atoms with Gasteiger partial charge in [0, 0.05) is 12.4 Å². The summed E-state index contributed by atoms with van der Waals surface area (Å²) in [6.45, 7) is 0. The van der Waals surface area contributed by atoms with Crippen molar-refractivity contribution in [3.05, 3.63) is 29.5 Å². The first-order valence-corrected chi connectivity index (χ1v) is 4.28. The van der Waals surface area contributed by atoms with Gasteiger partial charge in [0.05, 0.1) is 12.1 Å². The minimum atomic E-state index is -4.67. The monoisotopic (exact) mass is 204 g/mol. The van der Waals surface area contributed by atoms with E-state index < -0.39 is 10.4 Å². The summed E-state index contributed by atoms with van der Waals surface area (Å²) >= 11 is 0. The van der Waals surface area contributed by atoms with E-state index in [0.29, 0.717) is 5.69 Å². The van der Waals surface area contributed by atoms with Gasteiger partial charge in [0.25, 0.3) is 0 Å². The molecular formula is C5H6N3O4S+. The molecule has 2 N–H and O–H groups in total. The van der Waals surface area contributed by atoms with Gasteiger partial charge in [-0.1, -0.05) is 0 Å². The molecule has 0 atom stereocenters. The maximum absolute atomic E-state index is 8.74. The highest BCUT2D eigenvalue weighted by molar-refractivity contribution is 7.79. The van der Waals surface area contributed by atoms with Gasteiger partial charge in [-0.25, -0.2) is 0 Å². The summed E-state index contributed by atoms with van der Waals surface area (Å²) in [7, 11) is -4.67. The molecule has 1 rings (SSSR count). The Morgan fingerprint density at radius 3 is 1.92 bits per heavy atom. The summed E-state index contributed by atoms with van der Waals surface area (Å²) in [5.74, 6) is 0. The van der Waals surface area contributed by atoms with Crippen molar-refractivity contribution < 1.29 is 17.5 Å². The minimum absolute atomic E-state index is 0.528. The van der Waals surface area contributed by atoms with E-state index in [1.54, 1.807) is 24.5 Å². The molecule has 1 heterocycles. The molecule has 0 spiro atoms. The van der Waals surface area contributed by atoms with Crippen LogP contribution in [0.5, 0.6) is 0 Å². The molecule has 1 aromatic heterocycles. The van der Waals surface area contributed by atoms with Crippen LogP contribution in [-0.2, 0) is 10.4 Å². The van der Waals surface area contributed by atoms with Gasteiger partial charge in [0.15, 0.2) is 4.98 Å². The maximum atomic E-state index is 8.74. The van der Waals surface area contributed by atoms with Gasteiger partial charge in [-0.05, 0) is 0 Å². The highest BCUT2D eigenvalue weighted by Crippen LogP contribution is 2.05. The van der Waals surface area contributed by atoms with E-state index in [1.165, 1.54) is 0 Å². The SMILES string of the molecule is N#[N+]c1ccncc1.O=S(=O)(O)O. The van der Waals surface area contributed by atoms with Crippen LogP contribution in [0, 0.1) is 5.39 Å². The Morgan fingerprint density at radius 2 is 1.69 bits per heavy atom. The van der Waals surface area contributed by atoms with E-state index in [9.17, 15) is 0 Å². The molecule has 0 radical (unpaired) electrons. The molecule has 0 fully saturated rings. The van der Waals surface area contributed by atoms with Crippen LogP contribution in [0.3, 0.4) is 0 Å². The van der Waals surface area contributed by atoms with Crippen LogP contribution in [0.1, 0.15) is 0 Å². The van der Waals surface area contributed by atoms with Crippen molar-refractivity contribution in [3.63, 3.8) is 0 Å². The lowest BCUT2D eigenvalue weighted by atomic mass is 10.4. The third kappa shape index (κ3) is 10.4. The molecule has 0 aliphatic heterocycles. The molecular weight excluding hydrogens is 198 g/mol. The average Bonchev–Trinajstić information content (AvgIpc) is 2.03. The van der Waals surface area contributed by atoms with Crippen molar-refractivity contribution in [1.82, 2.24) is 4.98 Å². The van der Waals surface area contributed by atoms with Crippen LogP contribution in [0.2, 0.25) is 0 Å². The van der Waals surface area contributed by atoms with E-state index in [4.69, 9.17) is 22.9 Å². The molecule has 0 amide bonds. The number of pyridine rings is 1. The average molecular weight is 204 g/mol. The number of nitrogens with zero attached hydrogens (tertiary/aromatic N) is 3. The predicted octanol–water partition coefficient (Wildman–Crippen LogP) is 0.913. The number of hydrogen-bond donors (Lipinski definition) is 2. The highest BCUT2D eigenvalue weighted by Gasteiger charge is 1.96. The third-order valence-corrected chi connectivity index (χ3v) is 0.778. The lowest BCUT2D eigenvalue weighted by molar-refractivity contribution is 0.381. The van der Waals surface area contributed by atoms with E-state index in [1.807, 2.05) is 0 Å². The van der Waals surface area contributed by atoms with Crippen molar-refractivity contribution in [2.75, 3.05) is 0 Å². The zero-order valence-corrected chi connectivity index (χ0v) is 7.09. The van der Waals surface area contributed by atoms with Crippen LogP contribution in [0.4, 0.5) is 5.69 Å². The first-order valence-electron chi connectivity index (χ1n) is 2.88. The van der Waals surface area contributed by atoms with Crippen LogP contribution in [0.15, 0.2) is 24.5 Å². The number of diazo groups is 1. The standard InChI is InChI=1S/C5H4N3.H2O4S/c6-8-5-1-3-7-4-2-5;1-5(2,3)4/h1-4H;(H2,1,2,3,4)/q+1;. The van der Waals surface area contributed by atoms with E-state index in [2.05, 4.69) is 9.96 Å². The lowest BCUT2D eigenvalue weighted by Crippen LogP contribution is -1.89. The van der Waals surface area contributed by atoms with Crippen molar-refractivity contribution >= 4 is 16.1 Å². The number of aromatic nitrogens is 1. The summed E-state index contributed by atoms with van der Waals surface area (Å²) in [5.41, 5.74) is 0.528. The maximum Gasteiger partial charge on any atom is 0.394 e. The third-order valence-electron chi connectivity index (χ3n) is 0.778. The van der Waals surface area contributed by atoms with Crippen LogP contribution >= 0.6 is 0 Å². The Bertz CT molecular complexity index is 374. The fourth-order valence-electron chi connectivity index (χ4n) is 0.411. The fourth-order valence-corrected chi connectivity index (χ4v) is 0.411. The van der Waals surface area contributed by atoms with Crippen molar-refractivity contribution in [2.24, 2.45) is 0 Å². The van der Waals surface area contributed by atoms with Crippen molar-refractivity contribution in [1.29, 1.82) is 5.39 Å². The van der Waals surface area contributed by atoms with Crippen LogP contribution in [0.25, 0.3) is 4.98 Å². The second-order valence-corrected chi connectivity index (χ2v) is 2.65. The van der Waals surface area contributed by atoms with Crippen LogP contribution < -0.4 is 0 Å². The van der Waals surface area contributed by atoms with Gasteiger partial charge < -0.3 is 0 Å². The number of hydrogen-bond acceptors (Lipinski definition) is 4. The molecule has 8 heteroatoms. The van der Waals surface area contributed by atoms with E-state index >= 15 is 0 Å². The summed E-state index contributed by atoms with van der Waals surface area (Å²) in [6, 6.07) is 3.22. The fraction of sp³-hybridized carbons (Fsp3) is 0. The molecule has 13 heavy (non-hydrogen) atoms. The normalized spacial score (nSPS) is 9.31. The van der Waals surface area contributed by atoms with Crippen molar-refractivity contribution in [2.45, 2.75) is 0 Å². The second kappa shape index (κ2) is 5.15. The molecule has 1 aromatic rings. The first-order chi connectivity index (χ1) is 5.93. The zero-order chi connectivity index (χ0) is 10.3. The molecule has 0 aliphatic rings. The molecule has 7 nitrogen and oxygen atoms in total. The Hall–Kier alpha value is -1.56. The molecule has 0 saturated carbocycles. The largest absolute Gasteiger partial charge is 0.394 e. The Balaban J connectivity index is 0.000000252. The molecule has 0 aliphatic carbocycles. The van der Waals surface area contributed by atoms with Crippen LogP contribution in [-0.4, -0.2) is 22.5 Å². The summed E-state index contributed by atoms with van der Waals surface area (Å²) in [4.78, 5) is 6.65. The van der Waals surface area contributed by atoms with Gasteiger partial charge in [0.2, 0.25) is 5.39 Å². The highest BCUT2D eigenvalue weighted by atomic mass is 32.3. The Kier molecular flexibility index (Phi) is 4.53. The van der Waals surface area contributed by atoms with Gasteiger partial charge in [-0.2, -0.15) is 8.42 Å². The van der Waals surface area contributed by atoms with Gasteiger partial charge >= 0.3 is 16.1 Å². The lowest BCUT2D eigenvalue weighted by Gasteiger charge is -1.69.